The highest BCUT2D eigenvalue weighted by Gasteiger charge is 2.52. The summed E-state index contributed by atoms with van der Waals surface area (Å²) in [6.07, 6.45) is 26.9. The molecule has 0 saturated heterocycles. The van der Waals surface area contributed by atoms with E-state index in [1.54, 1.807) is 0 Å². The smallest absolute Gasteiger partial charge is 0.246 e. The second-order valence-corrected chi connectivity index (χ2v) is 12.2. The van der Waals surface area contributed by atoms with Crippen LogP contribution in [0.25, 0.3) is 0 Å². The third-order valence-electron chi connectivity index (χ3n) is 10.2. The van der Waals surface area contributed by atoms with Gasteiger partial charge >= 0.3 is 0 Å². The molecule has 0 radical (unpaired) electrons. The van der Waals surface area contributed by atoms with Crippen LogP contribution in [0.1, 0.15) is 128 Å². The molecule has 0 aliphatic heterocycles. The molecule has 0 aromatic carbocycles. The lowest BCUT2D eigenvalue weighted by Crippen LogP contribution is -2.58. The number of ether oxygens (including phenoxy) is 1. The van der Waals surface area contributed by atoms with Crippen LogP contribution in [-0.4, -0.2) is 31.4 Å². The molecule has 5 fully saturated rings. The summed E-state index contributed by atoms with van der Waals surface area (Å²) < 4.78 is 6.13. The number of hydrogen-bond donors (Lipinski definition) is 1. The van der Waals surface area contributed by atoms with Crippen molar-refractivity contribution in [2.45, 2.75) is 153 Å². The average molecular weight is 444 g/mol. The van der Waals surface area contributed by atoms with Gasteiger partial charge in [0.2, 0.25) is 5.91 Å². The molecular formula is C28H50BNO2. The number of amides is 1. The SMILES string of the molecule is CBC1CCCC(C23CCC(NC(=O)COC4CCCCCCCC4)(CC2)CC3)CCC1. The summed E-state index contributed by atoms with van der Waals surface area (Å²) in [5, 5.41) is 3.49. The highest BCUT2D eigenvalue weighted by atomic mass is 16.5. The lowest BCUT2D eigenvalue weighted by Gasteiger charge is -2.57. The first kappa shape index (κ1) is 24.6. The van der Waals surface area contributed by atoms with Crippen LogP contribution in [0.3, 0.4) is 0 Å². The van der Waals surface area contributed by atoms with Gasteiger partial charge < -0.3 is 10.1 Å². The lowest BCUT2D eigenvalue weighted by atomic mass is 9.51. The Bertz CT molecular complexity index is 549. The summed E-state index contributed by atoms with van der Waals surface area (Å²) in [5.74, 6) is 2.08. The standard InChI is InChI=1S/C28H50BNO2/c1-29-24-12-8-10-23(11-9-13-24)27-16-19-28(20-17-27,21-18-27)30-26(31)22-32-25-14-6-4-2-3-5-7-15-25/h23-25,29H,2-22H2,1H3,(H,30,31). The van der Waals surface area contributed by atoms with Gasteiger partial charge in [-0.15, -0.1) is 0 Å². The maximum atomic E-state index is 12.8. The molecule has 5 aliphatic rings. The van der Waals surface area contributed by atoms with E-state index in [0.717, 1.165) is 24.6 Å². The van der Waals surface area contributed by atoms with Crippen LogP contribution in [-0.2, 0) is 9.53 Å². The van der Waals surface area contributed by atoms with Gasteiger partial charge in [0, 0.05) is 5.54 Å². The van der Waals surface area contributed by atoms with E-state index in [1.165, 1.54) is 123 Å². The van der Waals surface area contributed by atoms with Crippen LogP contribution in [0.5, 0.6) is 0 Å². The Balaban J connectivity index is 1.22. The molecule has 1 N–H and O–H groups in total. The Kier molecular flexibility index (Phi) is 9.05. The van der Waals surface area contributed by atoms with Gasteiger partial charge in [0.15, 0.2) is 0 Å². The first-order chi connectivity index (χ1) is 15.6. The van der Waals surface area contributed by atoms with Gasteiger partial charge in [-0.25, -0.2) is 0 Å². The van der Waals surface area contributed by atoms with E-state index in [2.05, 4.69) is 12.1 Å². The third-order valence-corrected chi connectivity index (χ3v) is 10.2. The van der Waals surface area contributed by atoms with Gasteiger partial charge in [0.05, 0.1) is 6.10 Å². The minimum absolute atomic E-state index is 0.0789. The minimum Gasteiger partial charge on any atom is -0.368 e. The van der Waals surface area contributed by atoms with Crippen molar-refractivity contribution in [3.63, 3.8) is 0 Å². The lowest BCUT2D eigenvalue weighted by molar-refractivity contribution is -0.133. The Morgan fingerprint density at radius 3 is 1.91 bits per heavy atom. The Morgan fingerprint density at radius 2 is 1.34 bits per heavy atom. The van der Waals surface area contributed by atoms with Crippen molar-refractivity contribution in [3.05, 3.63) is 0 Å². The fourth-order valence-corrected chi connectivity index (χ4v) is 7.92. The maximum absolute atomic E-state index is 12.8. The summed E-state index contributed by atoms with van der Waals surface area (Å²) >= 11 is 0. The van der Waals surface area contributed by atoms with Crippen LogP contribution < -0.4 is 5.32 Å². The number of hydrogen-bond acceptors (Lipinski definition) is 2. The van der Waals surface area contributed by atoms with E-state index < -0.39 is 0 Å². The Morgan fingerprint density at radius 1 is 0.781 bits per heavy atom. The molecule has 182 valence electrons. The van der Waals surface area contributed by atoms with Crippen LogP contribution in [0.2, 0.25) is 12.6 Å². The van der Waals surface area contributed by atoms with Gasteiger partial charge in [-0.1, -0.05) is 76.8 Å². The number of nitrogens with one attached hydrogen (secondary N) is 1. The van der Waals surface area contributed by atoms with Gasteiger partial charge in [-0.2, -0.15) is 0 Å². The molecule has 0 unspecified atom stereocenters. The van der Waals surface area contributed by atoms with Crippen molar-refractivity contribution >= 4 is 13.2 Å². The average Bonchev–Trinajstić information content (AvgIpc) is 2.93. The molecule has 5 saturated carbocycles. The predicted octanol–water partition coefficient (Wildman–Crippen LogP) is 6.96. The number of rotatable bonds is 6. The van der Waals surface area contributed by atoms with Crippen molar-refractivity contribution < 1.29 is 9.53 Å². The quantitative estimate of drug-likeness (QED) is 0.451. The summed E-state index contributed by atoms with van der Waals surface area (Å²) in [6.45, 7) is 2.65. The molecule has 4 heteroatoms. The van der Waals surface area contributed by atoms with Crippen molar-refractivity contribution in [3.8, 4) is 0 Å². The van der Waals surface area contributed by atoms with E-state index in [1.807, 2.05) is 0 Å². The van der Waals surface area contributed by atoms with Crippen LogP contribution in [0.15, 0.2) is 0 Å². The second-order valence-electron chi connectivity index (χ2n) is 12.2. The number of carbonyl (C=O) groups is 1. The van der Waals surface area contributed by atoms with Gasteiger partial charge in [-0.05, 0) is 75.5 Å². The van der Waals surface area contributed by atoms with Crippen molar-refractivity contribution in [2.75, 3.05) is 6.61 Å². The topological polar surface area (TPSA) is 38.3 Å². The van der Waals surface area contributed by atoms with E-state index in [9.17, 15) is 4.79 Å². The summed E-state index contributed by atoms with van der Waals surface area (Å²) in [5.41, 5.74) is 0.676. The molecule has 0 heterocycles. The zero-order chi connectivity index (χ0) is 22.3. The van der Waals surface area contributed by atoms with Gasteiger partial charge in [0.1, 0.15) is 13.9 Å². The van der Waals surface area contributed by atoms with Gasteiger partial charge in [0.25, 0.3) is 0 Å². The molecule has 1 amide bonds. The molecular weight excluding hydrogens is 393 g/mol. The van der Waals surface area contributed by atoms with Crippen molar-refractivity contribution in [1.29, 1.82) is 0 Å². The molecule has 3 nitrogen and oxygen atoms in total. The fourth-order valence-electron chi connectivity index (χ4n) is 7.92. The second kappa shape index (κ2) is 11.8. The highest BCUT2D eigenvalue weighted by molar-refractivity contribution is 6.35. The summed E-state index contributed by atoms with van der Waals surface area (Å²) in [6, 6.07) is 0. The third kappa shape index (κ3) is 6.33. The summed E-state index contributed by atoms with van der Waals surface area (Å²) in [7, 11) is 1.38. The molecule has 5 aliphatic carbocycles. The minimum atomic E-state index is 0.0789. The van der Waals surface area contributed by atoms with Crippen molar-refractivity contribution in [1.82, 2.24) is 5.32 Å². The van der Waals surface area contributed by atoms with Crippen LogP contribution >= 0.6 is 0 Å². The zero-order valence-electron chi connectivity index (χ0n) is 21.1. The largest absolute Gasteiger partial charge is 0.368 e. The zero-order valence-corrected chi connectivity index (χ0v) is 21.1. The maximum Gasteiger partial charge on any atom is 0.246 e. The molecule has 32 heavy (non-hydrogen) atoms. The molecule has 2 bridgehead atoms. The Labute approximate surface area is 198 Å². The number of fused-ring (bicyclic) bond motifs is 3. The Hall–Kier alpha value is -0.505. The molecule has 0 aromatic heterocycles. The van der Waals surface area contributed by atoms with Gasteiger partial charge in [-0.3, -0.25) is 4.79 Å². The fraction of sp³-hybridized carbons (Fsp3) is 0.964. The van der Waals surface area contributed by atoms with Crippen LogP contribution in [0.4, 0.5) is 0 Å². The molecule has 0 aromatic rings. The van der Waals surface area contributed by atoms with Crippen LogP contribution in [0, 0.1) is 11.3 Å². The monoisotopic (exact) mass is 443 g/mol. The molecule has 0 spiro atoms. The van der Waals surface area contributed by atoms with E-state index in [0.29, 0.717) is 11.5 Å². The predicted molar refractivity (Wildman–Crippen MR) is 136 cm³/mol. The summed E-state index contributed by atoms with van der Waals surface area (Å²) in [4.78, 5) is 12.8. The van der Waals surface area contributed by atoms with E-state index in [4.69, 9.17) is 4.74 Å². The normalized spacial score (nSPS) is 37.4. The van der Waals surface area contributed by atoms with Crippen molar-refractivity contribution in [2.24, 2.45) is 11.3 Å². The van der Waals surface area contributed by atoms with E-state index >= 15 is 0 Å². The first-order valence-corrected chi connectivity index (χ1v) is 14.6. The number of carbonyl (C=O) groups excluding carboxylic acids is 1. The first-order valence-electron chi connectivity index (χ1n) is 14.6. The molecule has 0 atom stereocenters. The van der Waals surface area contributed by atoms with E-state index in [-0.39, 0.29) is 18.1 Å². The molecule has 5 rings (SSSR count). The highest BCUT2D eigenvalue weighted by Crippen LogP contribution is 2.58.